The standard InChI is InChI=1S/C80H152O17P2/c1-6-9-12-15-18-21-24-26-31-35-40-44-49-54-59-64-78(83)91-70-76(97-80(85)66-61-56-51-46-41-36-33-30-28-27-29-32-34-38-42-47-52-57-62-73(4)5)72-95-99(88,89)93-68-74(81)67-92-98(86,87)94-71-75(69-90-77(82)63-58-53-48-43-37-23-20-17-14-11-8-3)96-79(84)65-60-55-50-45-39-25-22-19-16-13-10-7-2/h21,24,26,31,73-76,81H,6-20,22-23,25,27-30,32-72H2,1-5H3,(H,86,87)(H,88,89)/b24-21-,31-26-/t74-,75+,76+/m0/s1. The minimum Gasteiger partial charge on any atom is -0.462 e. The highest BCUT2D eigenvalue weighted by Gasteiger charge is 2.30. The highest BCUT2D eigenvalue weighted by Crippen LogP contribution is 2.45. The number of unbranched alkanes of at least 4 members (excludes halogenated alkanes) is 47. The molecular weight excluding hydrogens is 1290 g/mol. The Morgan fingerprint density at radius 3 is 0.828 bits per heavy atom. The lowest BCUT2D eigenvalue weighted by Gasteiger charge is -2.21. The van der Waals surface area contributed by atoms with Gasteiger partial charge in [0.05, 0.1) is 26.4 Å². The van der Waals surface area contributed by atoms with Crippen LogP contribution in [0, 0.1) is 5.92 Å². The van der Waals surface area contributed by atoms with E-state index in [1.165, 1.54) is 205 Å². The first-order valence-electron chi connectivity index (χ1n) is 41.0. The molecule has 2 unspecified atom stereocenters. The van der Waals surface area contributed by atoms with E-state index in [0.717, 1.165) is 115 Å². The molecule has 0 aliphatic carbocycles. The minimum atomic E-state index is -4.97. The largest absolute Gasteiger partial charge is 0.472 e. The van der Waals surface area contributed by atoms with Gasteiger partial charge in [0.2, 0.25) is 0 Å². The van der Waals surface area contributed by atoms with Crippen LogP contribution in [-0.2, 0) is 65.4 Å². The number of carbonyl (C=O) groups excluding carboxylic acids is 4. The third-order valence-corrected chi connectivity index (χ3v) is 20.1. The Balaban J connectivity index is 5.25. The Bertz CT molecular complexity index is 1990. The van der Waals surface area contributed by atoms with Crippen molar-refractivity contribution in [3.63, 3.8) is 0 Å². The van der Waals surface area contributed by atoms with Gasteiger partial charge in [0, 0.05) is 25.7 Å². The molecule has 0 radical (unpaired) electrons. The van der Waals surface area contributed by atoms with Crippen LogP contribution < -0.4 is 0 Å². The number of esters is 4. The molecule has 0 spiro atoms. The average Bonchev–Trinajstić information content (AvgIpc) is 1.17. The number of hydrogen-bond donors (Lipinski definition) is 3. The molecule has 584 valence electrons. The molecular formula is C80H152O17P2. The maximum Gasteiger partial charge on any atom is 0.472 e. The molecule has 0 aromatic carbocycles. The van der Waals surface area contributed by atoms with E-state index in [1.54, 1.807) is 0 Å². The van der Waals surface area contributed by atoms with E-state index >= 15 is 0 Å². The predicted octanol–water partition coefficient (Wildman–Crippen LogP) is 23.6. The van der Waals surface area contributed by atoms with Crippen molar-refractivity contribution in [3.05, 3.63) is 24.3 Å². The van der Waals surface area contributed by atoms with Gasteiger partial charge in [0.15, 0.2) is 12.2 Å². The van der Waals surface area contributed by atoms with Crippen LogP contribution in [0.3, 0.4) is 0 Å². The van der Waals surface area contributed by atoms with Gasteiger partial charge in [-0.2, -0.15) is 0 Å². The summed E-state index contributed by atoms with van der Waals surface area (Å²) in [6, 6.07) is 0. The summed E-state index contributed by atoms with van der Waals surface area (Å²) in [6.45, 7) is 7.28. The van der Waals surface area contributed by atoms with Gasteiger partial charge in [-0.3, -0.25) is 37.3 Å². The molecule has 0 rings (SSSR count). The first kappa shape index (κ1) is 96.5. The van der Waals surface area contributed by atoms with Crippen LogP contribution in [0.5, 0.6) is 0 Å². The second-order valence-electron chi connectivity index (χ2n) is 28.6. The Morgan fingerprint density at radius 2 is 0.545 bits per heavy atom. The van der Waals surface area contributed by atoms with E-state index in [4.69, 9.17) is 37.0 Å². The molecule has 0 heterocycles. The number of aliphatic hydroxyl groups is 1. The van der Waals surface area contributed by atoms with Gasteiger partial charge in [0.25, 0.3) is 0 Å². The number of ether oxygens (including phenoxy) is 4. The highest BCUT2D eigenvalue weighted by atomic mass is 31.2. The van der Waals surface area contributed by atoms with Crippen molar-refractivity contribution < 1.29 is 80.2 Å². The molecule has 5 atom stereocenters. The van der Waals surface area contributed by atoms with Gasteiger partial charge in [-0.15, -0.1) is 0 Å². The van der Waals surface area contributed by atoms with Crippen molar-refractivity contribution >= 4 is 39.5 Å². The summed E-state index contributed by atoms with van der Waals surface area (Å²) < 4.78 is 68.6. The van der Waals surface area contributed by atoms with Crippen LogP contribution in [0.2, 0.25) is 0 Å². The van der Waals surface area contributed by atoms with E-state index in [1.807, 2.05) is 0 Å². The van der Waals surface area contributed by atoms with Crippen LogP contribution in [0.1, 0.15) is 401 Å². The summed E-state index contributed by atoms with van der Waals surface area (Å²) in [7, 11) is -9.93. The number of phosphoric ester groups is 2. The van der Waals surface area contributed by atoms with Crippen molar-refractivity contribution in [2.45, 2.75) is 419 Å². The zero-order valence-corrected chi connectivity index (χ0v) is 65.9. The molecule has 0 aliphatic heterocycles. The number of rotatable bonds is 78. The monoisotopic (exact) mass is 1450 g/mol. The summed E-state index contributed by atoms with van der Waals surface area (Å²) in [4.78, 5) is 72.9. The smallest absolute Gasteiger partial charge is 0.462 e. The summed E-state index contributed by atoms with van der Waals surface area (Å²) >= 11 is 0. The average molecular weight is 1450 g/mol. The van der Waals surface area contributed by atoms with Gasteiger partial charge in [-0.25, -0.2) is 9.13 Å². The molecule has 19 heteroatoms. The van der Waals surface area contributed by atoms with E-state index in [2.05, 4.69) is 58.9 Å². The highest BCUT2D eigenvalue weighted by molar-refractivity contribution is 7.47. The number of hydrogen-bond acceptors (Lipinski definition) is 15. The van der Waals surface area contributed by atoms with Gasteiger partial charge in [-0.05, 0) is 57.3 Å². The molecule has 0 bridgehead atoms. The van der Waals surface area contributed by atoms with Crippen LogP contribution in [0.4, 0.5) is 0 Å². The summed E-state index contributed by atoms with van der Waals surface area (Å²) in [6.07, 6.45) is 65.9. The second kappa shape index (κ2) is 72.5. The van der Waals surface area contributed by atoms with E-state index < -0.39 is 97.5 Å². The van der Waals surface area contributed by atoms with E-state index in [0.29, 0.717) is 25.7 Å². The molecule has 0 saturated carbocycles. The fourth-order valence-corrected chi connectivity index (χ4v) is 13.4. The molecule has 0 amide bonds. The summed E-state index contributed by atoms with van der Waals surface area (Å²) in [5.41, 5.74) is 0. The maximum atomic E-state index is 13.1. The van der Waals surface area contributed by atoms with Crippen molar-refractivity contribution in [2.75, 3.05) is 39.6 Å². The fraction of sp³-hybridized carbons (Fsp3) is 0.900. The van der Waals surface area contributed by atoms with Gasteiger partial charge in [-0.1, -0.05) is 348 Å². The Hall–Kier alpha value is -2.46. The quantitative estimate of drug-likeness (QED) is 0.0169. The first-order chi connectivity index (χ1) is 48.0. The lowest BCUT2D eigenvalue weighted by molar-refractivity contribution is -0.161. The molecule has 0 saturated heterocycles. The molecule has 0 aliphatic rings. The van der Waals surface area contributed by atoms with Crippen LogP contribution >= 0.6 is 15.6 Å². The van der Waals surface area contributed by atoms with Crippen LogP contribution in [-0.4, -0.2) is 96.7 Å². The maximum absolute atomic E-state index is 13.1. The van der Waals surface area contributed by atoms with Crippen molar-refractivity contribution in [2.24, 2.45) is 5.92 Å². The number of aliphatic hydroxyl groups excluding tert-OH is 1. The Kier molecular flexibility index (Phi) is 70.7. The topological polar surface area (TPSA) is 237 Å². The van der Waals surface area contributed by atoms with Gasteiger partial charge in [0.1, 0.15) is 19.3 Å². The first-order valence-corrected chi connectivity index (χ1v) is 43.9. The number of phosphoric acid groups is 2. The van der Waals surface area contributed by atoms with Crippen LogP contribution in [0.25, 0.3) is 0 Å². The Labute approximate surface area is 605 Å². The number of allylic oxidation sites excluding steroid dienone is 4. The zero-order chi connectivity index (χ0) is 72.7. The third kappa shape index (κ3) is 73.6. The van der Waals surface area contributed by atoms with Crippen molar-refractivity contribution in [3.8, 4) is 0 Å². The van der Waals surface area contributed by atoms with E-state index in [9.17, 15) is 43.2 Å². The minimum absolute atomic E-state index is 0.102. The summed E-state index contributed by atoms with van der Waals surface area (Å²) in [5, 5.41) is 10.6. The van der Waals surface area contributed by atoms with Crippen LogP contribution in [0.15, 0.2) is 24.3 Å². The lowest BCUT2D eigenvalue weighted by Crippen LogP contribution is -2.30. The second-order valence-corrected chi connectivity index (χ2v) is 31.5. The number of carbonyl (C=O) groups is 4. The fourth-order valence-electron chi connectivity index (χ4n) is 11.9. The molecule has 0 aromatic heterocycles. The molecule has 99 heavy (non-hydrogen) atoms. The van der Waals surface area contributed by atoms with Gasteiger partial charge < -0.3 is 33.8 Å². The summed E-state index contributed by atoms with van der Waals surface area (Å²) in [5.74, 6) is -1.32. The normalized spacial score (nSPS) is 14.0. The predicted molar refractivity (Wildman–Crippen MR) is 404 cm³/mol. The van der Waals surface area contributed by atoms with Crippen molar-refractivity contribution in [1.29, 1.82) is 0 Å². The van der Waals surface area contributed by atoms with E-state index in [-0.39, 0.29) is 25.7 Å². The molecule has 3 N–H and O–H groups in total. The van der Waals surface area contributed by atoms with Gasteiger partial charge >= 0.3 is 39.5 Å². The van der Waals surface area contributed by atoms with Crippen molar-refractivity contribution in [1.82, 2.24) is 0 Å². The molecule has 17 nitrogen and oxygen atoms in total. The lowest BCUT2D eigenvalue weighted by atomic mass is 10.0. The zero-order valence-electron chi connectivity index (χ0n) is 64.1. The third-order valence-electron chi connectivity index (χ3n) is 18.2. The Morgan fingerprint density at radius 1 is 0.313 bits per heavy atom. The molecule has 0 fully saturated rings. The molecule has 0 aromatic rings. The SMILES string of the molecule is CCCCCC/C=C\C=C/CCCCCCCC(=O)OC[C@H](COP(=O)(O)OC[C@@H](O)COP(=O)(O)OC[C@@H](COC(=O)CCCCCCCCCCCCC)OC(=O)CCCCCCCCCCCCCC)OC(=O)CCCCCCCCCCCCCCCCCCCCC(C)C.